The molecule has 4 heteroatoms. The number of aliphatic hydroxyl groups excluding tert-OH is 1. The van der Waals surface area contributed by atoms with Crippen molar-refractivity contribution >= 4 is 5.91 Å². The molecule has 0 spiro atoms. The van der Waals surface area contributed by atoms with E-state index >= 15 is 0 Å². The van der Waals surface area contributed by atoms with Crippen LogP contribution in [0, 0.1) is 6.92 Å². The van der Waals surface area contributed by atoms with Crippen LogP contribution in [0.5, 0.6) is 0 Å². The zero-order valence-corrected chi connectivity index (χ0v) is 10.7. The summed E-state index contributed by atoms with van der Waals surface area (Å²) in [5.74, 6) is -0.410. The molecule has 0 saturated carbocycles. The minimum atomic E-state index is -1.14. The number of hydrogen-bond donors (Lipinski definition) is 2. The Morgan fingerprint density at radius 1 is 1.32 bits per heavy atom. The maximum Gasteiger partial charge on any atom is 0.253 e. The Labute approximate surface area is 112 Å². The van der Waals surface area contributed by atoms with Crippen LogP contribution in [0.3, 0.4) is 0 Å². The predicted octanol–water partition coefficient (Wildman–Crippen LogP) is 1.74. The van der Waals surface area contributed by atoms with Crippen LogP contribution in [0.4, 0.5) is 0 Å². The van der Waals surface area contributed by atoms with Crippen LogP contribution in [0.2, 0.25) is 0 Å². The molecule has 19 heavy (non-hydrogen) atoms. The number of carbonyl (C=O) groups is 1. The van der Waals surface area contributed by atoms with Gasteiger partial charge in [0.15, 0.2) is 6.10 Å². The highest BCUT2D eigenvalue weighted by atomic mass is 16.3. The van der Waals surface area contributed by atoms with E-state index in [9.17, 15) is 9.90 Å². The van der Waals surface area contributed by atoms with Crippen molar-refractivity contribution in [3.63, 3.8) is 0 Å². The Morgan fingerprint density at radius 2 is 2.05 bits per heavy atom. The second kappa shape index (κ2) is 6.11. The fourth-order valence-electron chi connectivity index (χ4n) is 1.69. The lowest BCUT2D eigenvalue weighted by Gasteiger charge is -2.11. The molecule has 0 aliphatic carbocycles. The molecule has 1 aromatic heterocycles. The van der Waals surface area contributed by atoms with E-state index < -0.39 is 12.0 Å². The third-order valence-corrected chi connectivity index (χ3v) is 2.83. The standard InChI is InChI=1S/C15H16N2O2/c1-11-4-6-13(7-5-11)14(18)15(19)17-10-12-3-2-8-16-9-12/h2-9,14,18H,10H2,1H3,(H,17,19). The van der Waals surface area contributed by atoms with Gasteiger partial charge in [-0.3, -0.25) is 9.78 Å². The van der Waals surface area contributed by atoms with Crippen LogP contribution in [0.1, 0.15) is 22.8 Å². The number of carbonyl (C=O) groups excluding carboxylic acids is 1. The van der Waals surface area contributed by atoms with Gasteiger partial charge in [0.1, 0.15) is 0 Å². The highest BCUT2D eigenvalue weighted by Gasteiger charge is 2.16. The van der Waals surface area contributed by atoms with Crippen molar-refractivity contribution < 1.29 is 9.90 Å². The summed E-state index contributed by atoms with van der Waals surface area (Å²) < 4.78 is 0. The molecule has 0 saturated heterocycles. The smallest absolute Gasteiger partial charge is 0.253 e. The Balaban J connectivity index is 1.94. The number of benzene rings is 1. The van der Waals surface area contributed by atoms with Gasteiger partial charge in [0.25, 0.3) is 5.91 Å². The average Bonchev–Trinajstić information content (AvgIpc) is 2.46. The molecule has 1 unspecified atom stereocenters. The lowest BCUT2D eigenvalue weighted by atomic mass is 10.1. The summed E-state index contributed by atoms with van der Waals surface area (Å²) in [6.07, 6.45) is 2.21. The first-order valence-corrected chi connectivity index (χ1v) is 6.08. The van der Waals surface area contributed by atoms with Gasteiger partial charge in [-0.05, 0) is 24.1 Å². The van der Waals surface area contributed by atoms with Crippen LogP contribution in [-0.4, -0.2) is 16.0 Å². The van der Waals surface area contributed by atoms with Gasteiger partial charge in [-0.25, -0.2) is 0 Å². The highest BCUT2D eigenvalue weighted by molar-refractivity contribution is 5.81. The van der Waals surface area contributed by atoms with Crippen molar-refractivity contribution in [1.82, 2.24) is 10.3 Å². The molecule has 0 aliphatic heterocycles. The van der Waals surface area contributed by atoms with E-state index in [0.717, 1.165) is 11.1 Å². The van der Waals surface area contributed by atoms with Gasteiger partial charge in [-0.1, -0.05) is 35.9 Å². The fourth-order valence-corrected chi connectivity index (χ4v) is 1.69. The highest BCUT2D eigenvalue weighted by Crippen LogP contribution is 2.13. The van der Waals surface area contributed by atoms with Gasteiger partial charge in [-0.15, -0.1) is 0 Å². The molecule has 0 bridgehead atoms. The third kappa shape index (κ3) is 3.63. The Bertz CT molecular complexity index is 538. The Hall–Kier alpha value is -2.20. The van der Waals surface area contributed by atoms with E-state index in [1.54, 1.807) is 30.6 Å². The van der Waals surface area contributed by atoms with Gasteiger partial charge in [0.05, 0.1) is 0 Å². The van der Waals surface area contributed by atoms with Crippen LogP contribution in [0.25, 0.3) is 0 Å². The molecule has 1 heterocycles. The van der Waals surface area contributed by atoms with Gasteiger partial charge in [-0.2, -0.15) is 0 Å². The molecule has 0 aliphatic rings. The van der Waals surface area contributed by atoms with E-state index in [-0.39, 0.29) is 0 Å². The number of aliphatic hydroxyl groups is 1. The van der Waals surface area contributed by atoms with Crippen molar-refractivity contribution in [2.45, 2.75) is 19.6 Å². The number of nitrogens with one attached hydrogen (secondary N) is 1. The quantitative estimate of drug-likeness (QED) is 0.876. The first kappa shape index (κ1) is 13.2. The third-order valence-electron chi connectivity index (χ3n) is 2.83. The van der Waals surface area contributed by atoms with Crippen molar-refractivity contribution in [3.8, 4) is 0 Å². The minimum absolute atomic E-state index is 0.357. The summed E-state index contributed by atoms with van der Waals surface area (Å²) >= 11 is 0. The lowest BCUT2D eigenvalue weighted by molar-refractivity contribution is -0.129. The van der Waals surface area contributed by atoms with Crippen LogP contribution in [-0.2, 0) is 11.3 Å². The fraction of sp³-hybridized carbons (Fsp3) is 0.200. The molecular formula is C15H16N2O2. The summed E-state index contributed by atoms with van der Waals surface area (Å²) in [6, 6.07) is 10.9. The zero-order chi connectivity index (χ0) is 13.7. The number of pyridine rings is 1. The molecule has 1 amide bonds. The molecule has 2 aromatic rings. The predicted molar refractivity (Wildman–Crippen MR) is 72.2 cm³/mol. The van der Waals surface area contributed by atoms with E-state index in [2.05, 4.69) is 10.3 Å². The van der Waals surface area contributed by atoms with Gasteiger partial charge in [0.2, 0.25) is 0 Å². The summed E-state index contributed by atoms with van der Waals surface area (Å²) in [7, 11) is 0. The van der Waals surface area contributed by atoms with Gasteiger partial charge in [0, 0.05) is 18.9 Å². The van der Waals surface area contributed by atoms with Gasteiger partial charge < -0.3 is 10.4 Å². The number of aryl methyl sites for hydroxylation is 1. The van der Waals surface area contributed by atoms with E-state index in [1.165, 1.54) is 0 Å². The first-order valence-electron chi connectivity index (χ1n) is 6.08. The largest absolute Gasteiger partial charge is 0.378 e. The molecule has 98 valence electrons. The molecule has 0 radical (unpaired) electrons. The maximum atomic E-state index is 11.8. The first-order chi connectivity index (χ1) is 9.16. The summed E-state index contributed by atoms with van der Waals surface area (Å²) in [5.41, 5.74) is 2.58. The van der Waals surface area contributed by atoms with Crippen LogP contribution < -0.4 is 5.32 Å². The number of nitrogens with zero attached hydrogens (tertiary/aromatic N) is 1. The maximum absolute atomic E-state index is 11.8. The average molecular weight is 256 g/mol. The second-order valence-corrected chi connectivity index (χ2v) is 4.39. The second-order valence-electron chi connectivity index (χ2n) is 4.39. The monoisotopic (exact) mass is 256 g/mol. The van der Waals surface area contributed by atoms with Crippen molar-refractivity contribution in [2.75, 3.05) is 0 Å². The van der Waals surface area contributed by atoms with E-state index in [0.29, 0.717) is 12.1 Å². The Morgan fingerprint density at radius 3 is 2.68 bits per heavy atom. The number of aromatic nitrogens is 1. The summed E-state index contributed by atoms with van der Waals surface area (Å²) in [6.45, 7) is 2.31. The molecule has 1 atom stereocenters. The normalized spacial score (nSPS) is 11.9. The van der Waals surface area contributed by atoms with E-state index in [4.69, 9.17) is 0 Å². The van der Waals surface area contributed by atoms with Crippen molar-refractivity contribution in [2.24, 2.45) is 0 Å². The number of amides is 1. The summed E-state index contributed by atoms with van der Waals surface area (Å²) in [5, 5.41) is 12.6. The SMILES string of the molecule is Cc1ccc(C(O)C(=O)NCc2cccnc2)cc1. The van der Waals surface area contributed by atoms with Crippen LogP contribution in [0.15, 0.2) is 48.8 Å². The molecule has 1 aromatic carbocycles. The molecule has 2 N–H and O–H groups in total. The zero-order valence-electron chi connectivity index (χ0n) is 10.7. The van der Waals surface area contributed by atoms with Crippen molar-refractivity contribution in [1.29, 1.82) is 0 Å². The Kier molecular flexibility index (Phi) is 4.26. The molecule has 4 nitrogen and oxygen atoms in total. The summed E-state index contributed by atoms with van der Waals surface area (Å²) in [4.78, 5) is 15.8. The van der Waals surface area contributed by atoms with Gasteiger partial charge >= 0.3 is 0 Å². The van der Waals surface area contributed by atoms with Crippen molar-refractivity contribution in [3.05, 3.63) is 65.5 Å². The molecule has 2 rings (SSSR count). The lowest BCUT2D eigenvalue weighted by Crippen LogP contribution is -2.28. The van der Waals surface area contributed by atoms with Crippen LogP contribution >= 0.6 is 0 Å². The molecular weight excluding hydrogens is 240 g/mol. The van der Waals surface area contributed by atoms with E-state index in [1.807, 2.05) is 25.1 Å². The minimum Gasteiger partial charge on any atom is -0.378 e. The number of rotatable bonds is 4. The molecule has 0 fully saturated rings. The number of hydrogen-bond acceptors (Lipinski definition) is 3. The topological polar surface area (TPSA) is 62.2 Å².